The maximum Gasteiger partial charge on any atom is 0.153 e. The molecule has 1 aliphatic heterocycles. The summed E-state index contributed by atoms with van der Waals surface area (Å²) >= 11 is 0. The summed E-state index contributed by atoms with van der Waals surface area (Å²) in [5, 5.41) is 3.28. The van der Waals surface area contributed by atoms with Gasteiger partial charge in [0, 0.05) is 6.54 Å². The smallest absolute Gasteiger partial charge is 0.153 e. The van der Waals surface area contributed by atoms with Crippen LogP contribution in [0.15, 0.2) is 24.5 Å². The van der Waals surface area contributed by atoms with Gasteiger partial charge in [-0.05, 0) is 30.7 Å². The number of pyridine rings is 1. The second-order valence-corrected chi connectivity index (χ2v) is 4.01. The standard InChI is InChI=1S/C12H13N5.ClH/c13-12-11-10(15-7-16-12)2-1-9(17-11)8-3-5-14-6-4-8;/h1-3,7,14H,4-6H2,(H2,13,15,16);1H. The third-order valence-electron chi connectivity index (χ3n) is 2.90. The first-order valence-corrected chi connectivity index (χ1v) is 5.62. The maximum atomic E-state index is 5.81. The number of anilines is 1. The Balaban J connectivity index is 0.00000120. The van der Waals surface area contributed by atoms with Gasteiger partial charge in [0.15, 0.2) is 5.82 Å². The average Bonchev–Trinajstić information content (AvgIpc) is 2.40. The summed E-state index contributed by atoms with van der Waals surface area (Å²) < 4.78 is 0. The van der Waals surface area contributed by atoms with E-state index in [1.807, 2.05) is 12.1 Å². The van der Waals surface area contributed by atoms with E-state index in [9.17, 15) is 0 Å². The van der Waals surface area contributed by atoms with Crippen LogP contribution in [0.25, 0.3) is 16.6 Å². The first kappa shape index (κ1) is 12.7. The quantitative estimate of drug-likeness (QED) is 0.813. The first-order chi connectivity index (χ1) is 8.34. The second-order valence-electron chi connectivity index (χ2n) is 4.01. The Hall–Kier alpha value is -1.72. The lowest BCUT2D eigenvalue weighted by Crippen LogP contribution is -2.20. The average molecular weight is 264 g/mol. The number of nitrogens with zero attached hydrogens (tertiary/aromatic N) is 3. The first-order valence-electron chi connectivity index (χ1n) is 5.62. The highest BCUT2D eigenvalue weighted by Gasteiger charge is 2.09. The molecule has 0 fully saturated rings. The van der Waals surface area contributed by atoms with Gasteiger partial charge >= 0.3 is 0 Å². The van der Waals surface area contributed by atoms with Gasteiger partial charge in [-0.3, -0.25) is 0 Å². The summed E-state index contributed by atoms with van der Waals surface area (Å²) in [7, 11) is 0. The van der Waals surface area contributed by atoms with E-state index in [1.165, 1.54) is 11.9 Å². The van der Waals surface area contributed by atoms with Crippen molar-refractivity contribution in [2.45, 2.75) is 6.42 Å². The molecule has 1 aliphatic rings. The van der Waals surface area contributed by atoms with Gasteiger partial charge in [0.05, 0.1) is 11.2 Å². The third kappa shape index (κ3) is 2.27. The van der Waals surface area contributed by atoms with Crippen molar-refractivity contribution in [2.24, 2.45) is 0 Å². The predicted octanol–water partition coefficient (Wildman–Crippen LogP) is 1.41. The van der Waals surface area contributed by atoms with Gasteiger partial charge in [0.2, 0.25) is 0 Å². The van der Waals surface area contributed by atoms with Crippen molar-refractivity contribution >= 4 is 34.8 Å². The lowest BCUT2D eigenvalue weighted by molar-refractivity contribution is 0.737. The number of halogens is 1. The van der Waals surface area contributed by atoms with Crippen LogP contribution in [-0.2, 0) is 0 Å². The number of nitrogen functional groups attached to an aromatic ring is 1. The second kappa shape index (κ2) is 5.29. The number of nitrogens with one attached hydrogen (secondary N) is 1. The Morgan fingerprint density at radius 2 is 2.11 bits per heavy atom. The van der Waals surface area contributed by atoms with Crippen LogP contribution >= 0.6 is 12.4 Å². The Morgan fingerprint density at radius 3 is 2.89 bits per heavy atom. The third-order valence-corrected chi connectivity index (χ3v) is 2.90. The van der Waals surface area contributed by atoms with E-state index in [4.69, 9.17) is 5.73 Å². The molecule has 94 valence electrons. The van der Waals surface area contributed by atoms with Crippen molar-refractivity contribution in [3.63, 3.8) is 0 Å². The molecule has 3 heterocycles. The van der Waals surface area contributed by atoms with Crippen molar-refractivity contribution in [3.05, 3.63) is 30.2 Å². The summed E-state index contributed by atoms with van der Waals surface area (Å²) in [4.78, 5) is 12.7. The monoisotopic (exact) mass is 263 g/mol. The van der Waals surface area contributed by atoms with Gasteiger partial charge in [-0.15, -0.1) is 12.4 Å². The summed E-state index contributed by atoms with van der Waals surface area (Å²) in [6.45, 7) is 1.89. The van der Waals surface area contributed by atoms with E-state index in [-0.39, 0.29) is 12.4 Å². The van der Waals surface area contributed by atoms with E-state index in [0.29, 0.717) is 11.3 Å². The number of hydrogen-bond acceptors (Lipinski definition) is 5. The van der Waals surface area contributed by atoms with Gasteiger partial charge in [-0.25, -0.2) is 15.0 Å². The number of fused-ring (bicyclic) bond motifs is 1. The highest BCUT2D eigenvalue weighted by Crippen LogP contribution is 2.21. The number of aromatic nitrogens is 3. The van der Waals surface area contributed by atoms with Crippen LogP contribution in [0.5, 0.6) is 0 Å². The van der Waals surface area contributed by atoms with E-state index < -0.39 is 0 Å². The van der Waals surface area contributed by atoms with E-state index in [1.54, 1.807) is 0 Å². The summed E-state index contributed by atoms with van der Waals surface area (Å²) in [6, 6.07) is 3.94. The Labute approximate surface area is 111 Å². The molecule has 0 aliphatic carbocycles. The fraction of sp³-hybridized carbons (Fsp3) is 0.250. The molecule has 18 heavy (non-hydrogen) atoms. The van der Waals surface area contributed by atoms with Crippen molar-refractivity contribution in [1.82, 2.24) is 20.3 Å². The molecule has 0 aromatic carbocycles. The van der Waals surface area contributed by atoms with Crippen LogP contribution in [0.2, 0.25) is 0 Å². The molecule has 0 atom stereocenters. The molecule has 0 spiro atoms. The lowest BCUT2D eigenvalue weighted by atomic mass is 10.1. The van der Waals surface area contributed by atoms with Crippen molar-refractivity contribution in [2.75, 3.05) is 18.8 Å². The largest absolute Gasteiger partial charge is 0.382 e. The van der Waals surface area contributed by atoms with Crippen molar-refractivity contribution in [3.8, 4) is 0 Å². The SMILES string of the molecule is Cl.Nc1ncnc2ccc(C3=CCNCC3)nc12. The Kier molecular flexibility index (Phi) is 3.74. The van der Waals surface area contributed by atoms with E-state index >= 15 is 0 Å². The summed E-state index contributed by atoms with van der Waals surface area (Å²) in [6.07, 6.45) is 4.62. The molecule has 6 heteroatoms. The zero-order chi connectivity index (χ0) is 11.7. The molecule has 0 radical (unpaired) electrons. The highest BCUT2D eigenvalue weighted by atomic mass is 35.5. The normalized spacial score (nSPS) is 15.0. The highest BCUT2D eigenvalue weighted by molar-refractivity contribution is 5.85. The minimum absolute atomic E-state index is 0. The van der Waals surface area contributed by atoms with Crippen LogP contribution < -0.4 is 11.1 Å². The molecule has 2 aromatic heterocycles. The molecular weight excluding hydrogens is 250 g/mol. The van der Waals surface area contributed by atoms with Gasteiger partial charge < -0.3 is 11.1 Å². The maximum absolute atomic E-state index is 5.81. The zero-order valence-corrected chi connectivity index (χ0v) is 10.6. The van der Waals surface area contributed by atoms with Crippen LogP contribution in [0.1, 0.15) is 12.1 Å². The molecule has 0 amide bonds. The topological polar surface area (TPSA) is 76.7 Å². The molecule has 0 saturated carbocycles. The van der Waals surface area contributed by atoms with Crippen LogP contribution in [0.3, 0.4) is 0 Å². The van der Waals surface area contributed by atoms with Crippen LogP contribution in [0, 0.1) is 0 Å². The molecular formula is C12H14ClN5. The van der Waals surface area contributed by atoms with E-state index in [2.05, 4.69) is 26.3 Å². The molecule has 3 N–H and O–H groups in total. The van der Waals surface area contributed by atoms with Crippen molar-refractivity contribution in [1.29, 1.82) is 0 Å². The van der Waals surface area contributed by atoms with E-state index in [0.717, 1.165) is 30.7 Å². The van der Waals surface area contributed by atoms with Gasteiger partial charge in [-0.1, -0.05) is 6.08 Å². The van der Waals surface area contributed by atoms with Crippen LogP contribution in [0.4, 0.5) is 5.82 Å². The summed E-state index contributed by atoms with van der Waals surface area (Å²) in [5.74, 6) is 0.436. The minimum atomic E-state index is 0. The van der Waals surface area contributed by atoms with Gasteiger partial charge in [0.1, 0.15) is 11.8 Å². The molecule has 3 rings (SSSR count). The molecule has 5 nitrogen and oxygen atoms in total. The van der Waals surface area contributed by atoms with Crippen molar-refractivity contribution < 1.29 is 0 Å². The van der Waals surface area contributed by atoms with Gasteiger partial charge in [0.25, 0.3) is 0 Å². The number of hydrogen-bond donors (Lipinski definition) is 2. The fourth-order valence-corrected chi connectivity index (χ4v) is 1.99. The fourth-order valence-electron chi connectivity index (χ4n) is 1.99. The zero-order valence-electron chi connectivity index (χ0n) is 9.76. The molecule has 0 bridgehead atoms. The molecule has 0 unspecified atom stereocenters. The molecule has 2 aromatic rings. The lowest BCUT2D eigenvalue weighted by Gasteiger charge is -2.13. The minimum Gasteiger partial charge on any atom is -0.382 e. The number of nitrogens with two attached hydrogens (primary N) is 1. The Morgan fingerprint density at radius 1 is 1.22 bits per heavy atom. The Bertz CT molecular complexity index is 596. The van der Waals surface area contributed by atoms with Crippen LogP contribution in [-0.4, -0.2) is 28.0 Å². The summed E-state index contributed by atoms with van der Waals surface area (Å²) in [5.41, 5.74) is 9.51. The van der Waals surface area contributed by atoms with Gasteiger partial charge in [-0.2, -0.15) is 0 Å². The predicted molar refractivity (Wildman–Crippen MR) is 74.5 cm³/mol. The molecule has 0 saturated heterocycles. The number of rotatable bonds is 1.